The molecule has 0 aliphatic carbocycles. The molecule has 0 saturated carbocycles. The molecule has 102 valence electrons. The summed E-state index contributed by atoms with van der Waals surface area (Å²) in [6.45, 7) is 8.21. The van der Waals surface area contributed by atoms with E-state index in [1.165, 1.54) is 0 Å². The molecule has 0 aliphatic rings. The van der Waals surface area contributed by atoms with Crippen molar-refractivity contribution < 1.29 is 0 Å². The maximum Gasteiger partial charge on any atom is 0.134 e. The predicted molar refractivity (Wildman–Crippen MR) is 78.2 cm³/mol. The minimum absolute atomic E-state index is 0.652. The van der Waals surface area contributed by atoms with Crippen LogP contribution in [0.2, 0.25) is 0 Å². The van der Waals surface area contributed by atoms with E-state index in [-0.39, 0.29) is 0 Å². The smallest absolute Gasteiger partial charge is 0.134 e. The van der Waals surface area contributed by atoms with E-state index in [2.05, 4.69) is 39.5 Å². The molecule has 2 aromatic rings. The molecule has 1 N–H and O–H groups in total. The Bertz CT molecular complexity index is 522. The number of aromatic nitrogens is 3. The van der Waals surface area contributed by atoms with Gasteiger partial charge in [0.15, 0.2) is 0 Å². The monoisotopic (exact) mass is 276 g/mol. The molecule has 4 nitrogen and oxygen atoms in total. The fourth-order valence-corrected chi connectivity index (χ4v) is 2.38. The summed E-state index contributed by atoms with van der Waals surface area (Å²) in [7, 11) is 0. The van der Waals surface area contributed by atoms with Crippen LogP contribution in [0.5, 0.6) is 0 Å². The number of hydrogen-bond acceptors (Lipinski definition) is 5. The van der Waals surface area contributed by atoms with Crippen molar-refractivity contribution in [2.45, 2.75) is 33.7 Å². The van der Waals surface area contributed by atoms with Gasteiger partial charge in [0, 0.05) is 18.1 Å². The summed E-state index contributed by atoms with van der Waals surface area (Å²) in [4.78, 5) is 13.3. The highest BCUT2D eigenvalue weighted by Gasteiger charge is 2.04. The van der Waals surface area contributed by atoms with Crippen LogP contribution in [0.1, 0.15) is 36.1 Å². The lowest BCUT2D eigenvalue weighted by Crippen LogP contribution is -2.20. The molecule has 0 amide bonds. The van der Waals surface area contributed by atoms with Crippen LogP contribution in [0.3, 0.4) is 0 Å². The largest absolute Gasteiger partial charge is 0.311 e. The normalized spacial score (nSPS) is 11.2. The van der Waals surface area contributed by atoms with Gasteiger partial charge >= 0.3 is 0 Å². The molecular weight excluding hydrogens is 256 g/mol. The number of nitrogens with one attached hydrogen (secondary N) is 1. The molecule has 0 fully saturated rings. The van der Waals surface area contributed by atoms with E-state index in [1.807, 2.05) is 19.2 Å². The average Bonchev–Trinajstić information content (AvgIpc) is 2.75. The van der Waals surface area contributed by atoms with Crippen molar-refractivity contribution >= 4 is 11.3 Å². The van der Waals surface area contributed by atoms with Crippen molar-refractivity contribution in [2.75, 3.05) is 6.54 Å². The zero-order valence-electron chi connectivity index (χ0n) is 11.7. The lowest BCUT2D eigenvalue weighted by molar-refractivity contribution is 0.547. The summed E-state index contributed by atoms with van der Waals surface area (Å²) in [6, 6.07) is 1.96. The summed E-state index contributed by atoms with van der Waals surface area (Å²) in [5.41, 5.74) is 2.09. The molecule has 0 atom stereocenters. The molecule has 0 saturated heterocycles. The van der Waals surface area contributed by atoms with E-state index < -0.39 is 0 Å². The second-order valence-electron chi connectivity index (χ2n) is 5.02. The number of aryl methyl sites for hydroxylation is 1. The predicted octanol–water partition coefficient (Wildman–Crippen LogP) is 2.58. The van der Waals surface area contributed by atoms with Crippen molar-refractivity contribution in [3.8, 4) is 0 Å². The Kier molecular flexibility index (Phi) is 4.99. The maximum atomic E-state index is 4.57. The minimum atomic E-state index is 0.652. The van der Waals surface area contributed by atoms with Crippen LogP contribution in [0.25, 0.3) is 0 Å². The molecule has 0 aliphatic heterocycles. The Morgan fingerprint density at radius 2 is 2.11 bits per heavy atom. The summed E-state index contributed by atoms with van der Waals surface area (Å²) < 4.78 is 0. The summed E-state index contributed by atoms with van der Waals surface area (Å²) in [5.74, 6) is 1.49. The van der Waals surface area contributed by atoms with E-state index in [4.69, 9.17) is 0 Å². The summed E-state index contributed by atoms with van der Waals surface area (Å²) in [6.07, 6.45) is 2.54. The van der Waals surface area contributed by atoms with Crippen molar-refractivity contribution in [3.05, 3.63) is 39.9 Å². The van der Waals surface area contributed by atoms with Crippen LogP contribution in [-0.2, 0) is 13.0 Å². The zero-order valence-corrected chi connectivity index (χ0v) is 12.5. The van der Waals surface area contributed by atoms with Gasteiger partial charge in [0.05, 0.1) is 22.8 Å². The van der Waals surface area contributed by atoms with Crippen molar-refractivity contribution in [3.63, 3.8) is 0 Å². The van der Waals surface area contributed by atoms with Crippen LogP contribution < -0.4 is 5.32 Å². The van der Waals surface area contributed by atoms with E-state index >= 15 is 0 Å². The molecule has 2 aromatic heterocycles. The van der Waals surface area contributed by atoms with E-state index in [1.54, 1.807) is 11.3 Å². The zero-order chi connectivity index (χ0) is 13.7. The Morgan fingerprint density at radius 3 is 2.79 bits per heavy atom. The number of nitrogens with zero attached hydrogens (tertiary/aromatic N) is 3. The first-order valence-corrected chi connectivity index (χ1v) is 7.44. The van der Waals surface area contributed by atoms with Crippen LogP contribution in [0.15, 0.2) is 17.6 Å². The first-order chi connectivity index (χ1) is 9.13. The SMILES string of the molecule is Cc1nc(Cc2nccc(CNCC(C)C)n2)cs1. The maximum absolute atomic E-state index is 4.57. The highest BCUT2D eigenvalue weighted by molar-refractivity contribution is 7.09. The van der Waals surface area contributed by atoms with E-state index in [9.17, 15) is 0 Å². The first kappa shape index (κ1) is 14.1. The molecule has 0 spiro atoms. The molecule has 0 unspecified atom stereocenters. The van der Waals surface area contributed by atoms with Crippen LogP contribution in [-0.4, -0.2) is 21.5 Å². The second kappa shape index (κ2) is 6.73. The Morgan fingerprint density at radius 1 is 1.26 bits per heavy atom. The van der Waals surface area contributed by atoms with Gasteiger partial charge in [-0.05, 0) is 25.5 Å². The van der Waals surface area contributed by atoms with Crippen LogP contribution in [0, 0.1) is 12.8 Å². The van der Waals surface area contributed by atoms with Gasteiger partial charge in [-0.3, -0.25) is 0 Å². The topological polar surface area (TPSA) is 50.7 Å². The van der Waals surface area contributed by atoms with Gasteiger partial charge in [-0.2, -0.15) is 0 Å². The third-order valence-corrected chi connectivity index (χ3v) is 3.45. The lowest BCUT2D eigenvalue weighted by atomic mass is 10.2. The summed E-state index contributed by atoms with van der Waals surface area (Å²) in [5, 5.41) is 6.55. The Labute approximate surface area is 118 Å². The summed E-state index contributed by atoms with van der Waals surface area (Å²) >= 11 is 1.67. The molecular formula is C14H20N4S. The third kappa shape index (κ3) is 4.69. The average molecular weight is 276 g/mol. The molecule has 0 bridgehead atoms. The highest BCUT2D eigenvalue weighted by Crippen LogP contribution is 2.11. The van der Waals surface area contributed by atoms with E-state index in [0.29, 0.717) is 12.3 Å². The molecule has 0 radical (unpaired) electrons. The van der Waals surface area contributed by atoms with Gasteiger partial charge < -0.3 is 5.32 Å². The standard InChI is InChI=1S/C14H20N4S/c1-10(2)7-15-8-12-4-5-16-14(18-12)6-13-9-19-11(3)17-13/h4-5,9-10,15H,6-8H2,1-3H3. The fourth-order valence-electron chi connectivity index (χ4n) is 1.77. The van der Waals surface area contributed by atoms with Gasteiger partial charge in [0.25, 0.3) is 0 Å². The molecule has 2 rings (SSSR count). The third-order valence-electron chi connectivity index (χ3n) is 2.63. The van der Waals surface area contributed by atoms with Gasteiger partial charge in [-0.25, -0.2) is 15.0 Å². The van der Waals surface area contributed by atoms with Crippen molar-refractivity contribution in [1.82, 2.24) is 20.3 Å². The number of rotatable bonds is 6. The molecule has 0 aromatic carbocycles. The molecule has 19 heavy (non-hydrogen) atoms. The number of hydrogen-bond donors (Lipinski definition) is 1. The lowest BCUT2D eigenvalue weighted by Gasteiger charge is -2.07. The molecule has 5 heteroatoms. The van der Waals surface area contributed by atoms with Gasteiger partial charge in [0.2, 0.25) is 0 Å². The van der Waals surface area contributed by atoms with Crippen LogP contribution in [0.4, 0.5) is 0 Å². The Hall–Kier alpha value is -1.33. The van der Waals surface area contributed by atoms with Crippen molar-refractivity contribution in [1.29, 1.82) is 0 Å². The second-order valence-corrected chi connectivity index (χ2v) is 6.09. The highest BCUT2D eigenvalue weighted by atomic mass is 32.1. The quantitative estimate of drug-likeness (QED) is 0.881. The minimum Gasteiger partial charge on any atom is -0.311 e. The molecule has 2 heterocycles. The van der Waals surface area contributed by atoms with Crippen molar-refractivity contribution in [2.24, 2.45) is 5.92 Å². The van der Waals surface area contributed by atoms with E-state index in [0.717, 1.165) is 35.3 Å². The Balaban J connectivity index is 1.95. The van der Waals surface area contributed by atoms with Gasteiger partial charge in [0.1, 0.15) is 5.82 Å². The fraction of sp³-hybridized carbons (Fsp3) is 0.500. The first-order valence-electron chi connectivity index (χ1n) is 6.56. The van der Waals surface area contributed by atoms with Gasteiger partial charge in [-0.1, -0.05) is 13.8 Å². The van der Waals surface area contributed by atoms with Gasteiger partial charge in [-0.15, -0.1) is 11.3 Å². The number of thiazole rings is 1. The van der Waals surface area contributed by atoms with Crippen LogP contribution >= 0.6 is 11.3 Å².